The van der Waals surface area contributed by atoms with E-state index in [2.05, 4.69) is 9.72 Å². The Balaban J connectivity index is 2.54. The molecule has 0 bridgehead atoms. The van der Waals surface area contributed by atoms with Crippen LogP contribution in [-0.2, 0) is 6.42 Å². The van der Waals surface area contributed by atoms with Crippen LogP contribution in [0.25, 0.3) is 11.1 Å². The summed E-state index contributed by atoms with van der Waals surface area (Å²) in [7, 11) is 0. The molecule has 0 radical (unpaired) electrons. The van der Waals surface area contributed by atoms with E-state index in [1.165, 1.54) is 24.3 Å². The van der Waals surface area contributed by atoms with Gasteiger partial charge < -0.3 is 10.5 Å². The van der Waals surface area contributed by atoms with Crippen molar-refractivity contribution in [2.75, 3.05) is 5.73 Å². The number of nitrogens with zero attached hydrogens (tertiary/aromatic N) is 2. The van der Waals surface area contributed by atoms with Crippen LogP contribution in [0.15, 0.2) is 24.3 Å². The van der Waals surface area contributed by atoms with Gasteiger partial charge in [0.15, 0.2) is 0 Å². The first-order valence-electron chi connectivity index (χ1n) is 6.82. The SMILES string of the molecule is CCc1nc(N)c(C#N)c(-c2ccc(OC(F)(F)F)cc2)c1C. The van der Waals surface area contributed by atoms with Crippen molar-refractivity contribution in [3.63, 3.8) is 0 Å². The van der Waals surface area contributed by atoms with Crippen LogP contribution in [0.2, 0.25) is 0 Å². The van der Waals surface area contributed by atoms with E-state index in [0.717, 1.165) is 11.3 Å². The zero-order chi connectivity index (χ0) is 17.2. The number of nitrogens with two attached hydrogens (primary N) is 1. The molecule has 0 unspecified atom stereocenters. The number of pyridine rings is 1. The van der Waals surface area contributed by atoms with E-state index in [9.17, 15) is 18.4 Å². The molecular weight excluding hydrogens is 307 g/mol. The van der Waals surface area contributed by atoms with Gasteiger partial charge in [-0.05, 0) is 36.6 Å². The van der Waals surface area contributed by atoms with Crippen LogP contribution in [0.5, 0.6) is 5.75 Å². The van der Waals surface area contributed by atoms with Gasteiger partial charge in [0, 0.05) is 11.3 Å². The summed E-state index contributed by atoms with van der Waals surface area (Å²) >= 11 is 0. The first-order chi connectivity index (χ1) is 10.8. The Hall–Kier alpha value is -2.75. The van der Waals surface area contributed by atoms with Gasteiger partial charge in [0.05, 0.1) is 0 Å². The van der Waals surface area contributed by atoms with Crippen molar-refractivity contribution in [1.82, 2.24) is 4.98 Å². The second kappa shape index (κ2) is 6.16. The van der Waals surface area contributed by atoms with Gasteiger partial charge in [-0.3, -0.25) is 0 Å². The van der Waals surface area contributed by atoms with Crippen molar-refractivity contribution in [3.8, 4) is 22.9 Å². The normalized spacial score (nSPS) is 11.1. The number of benzene rings is 1. The van der Waals surface area contributed by atoms with Gasteiger partial charge in [-0.2, -0.15) is 5.26 Å². The Bertz CT molecular complexity index is 761. The third-order valence-electron chi connectivity index (χ3n) is 3.39. The van der Waals surface area contributed by atoms with Gasteiger partial charge in [-0.15, -0.1) is 13.2 Å². The monoisotopic (exact) mass is 321 g/mol. The number of aromatic nitrogens is 1. The van der Waals surface area contributed by atoms with Crippen LogP contribution in [0, 0.1) is 18.3 Å². The number of hydrogen-bond donors (Lipinski definition) is 1. The highest BCUT2D eigenvalue weighted by molar-refractivity contribution is 5.79. The number of alkyl halides is 3. The molecule has 0 fully saturated rings. The minimum Gasteiger partial charge on any atom is -0.406 e. The predicted molar refractivity (Wildman–Crippen MR) is 79.6 cm³/mol. The third-order valence-corrected chi connectivity index (χ3v) is 3.39. The van der Waals surface area contributed by atoms with E-state index >= 15 is 0 Å². The predicted octanol–water partition coefficient (Wildman–Crippen LogP) is 3.97. The molecule has 120 valence electrons. The minimum absolute atomic E-state index is 0.112. The Morgan fingerprint density at radius 3 is 2.35 bits per heavy atom. The zero-order valence-corrected chi connectivity index (χ0v) is 12.5. The van der Waals surface area contributed by atoms with E-state index in [-0.39, 0.29) is 17.1 Å². The summed E-state index contributed by atoms with van der Waals surface area (Å²) in [5, 5.41) is 9.31. The molecule has 4 nitrogen and oxygen atoms in total. The molecule has 1 heterocycles. The second-order valence-electron chi connectivity index (χ2n) is 4.86. The van der Waals surface area contributed by atoms with Gasteiger partial charge in [0.25, 0.3) is 0 Å². The number of hydrogen-bond acceptors (Lipinski definition) is 4. The number of nitriles is 1. The maximum atomic E-state index is 12.2. The van der Waals surface area contributed by atoms with Gasteiger partial charge in [0.2, 0.25) is 0 Å². The number of nitrogen functional groups attached to an aromatic ring is 1. The molecule has 2 aromatic rings. The fourth-order valence-corrected chi connectivity index (χ4v) is 2.39. The summed E-state index contributed by atoms with van der Waals surface area (Å²) in [6.07, 6.45) is -4.12. The molecule has 0 amide bonds. The quantitative estimate of drug-likeness (QED) is 0.928. The fourth-order valence-electron chi connectivity index (χ4n) is 2.39. The first kappa shape index (κ1) is 16.6. The van der Waals surface area contributed by atoms with E-state index in [4.69, 9.17) is 5.73 Å². The highest BCUT2D eigenvalue weighted by Crippen LogP contribution is 2.33. The maximum Gasteiger partial charge on any atom is 0.573 e. The lowest BCUT2D eigenvalue weighted by molar-refractivity contribution is -0.274. The van der Waals surface area contributed by atoms with Crippen LogP contribution in [-0.4, -0.2) is 11.3 Å². The van der Waals surface area contributed by atoms with E-state index in [1.54, 1.807) is 0 Å². The molecule has 2 N–H and O–H groups in total. The summed E-state index contributed by atoms with van der Waals surface area (Å²) in [4.78, 5) is 4.20. The molecule has 0 aliphatic carbocycles. The molecule has 2 rings (SSSR count). The molecule has 23 heavy (non-hydrogen) atoms. The molecule has 0 aliphatic heterocycles. The van der Waals surface area contributed by atoms with Crippen molar-refractivity contribution in [2.24, 2.45) is 0 Å². The fraction of sp³-hybridized carbons (Fsp3) is 0.250. The Morgan fingerprint density at radius 2 is 1.87 bits per heavy atom. The van der Waals surface area contributed by atoms with Crippen molar-refractivity contribution in [2.45, 2.75) is 26.6 Å². The Morgan fingerprint density at radius 1 is 1.26 bits per heavy atom. The number of rotatable bonds is 3. The van der Waals surface area contributed by atoms with Crippen LogP contribution in [0.1, 0.15) is 23.7 Å². The summed E-state index contributed by atoms with van der Waals surface area (Å²) < 4.78 is 40.5. The molecule has 1 aromatic heterocycles. The number of aryl methyl sites for hydroxylation is 1. The molecule has 0 saturated carbocycles. The lowest BCUT2D eigenvalue weighted by Gasteiger charge is -2.15. The lowest BCUT2D eigenvalue weighted by Crippen LogP contribution is -2.16. The zero-order valence-electron chi connectivity index (χ0n) is 12.5. The average molecular weight is 321 g/mol. The molecular formula is C16H14F3N3O. The van der Waals surface area contributed by atoms with E-state index in [1.807, 2.05) is 19.9 Å². The number of ether oxygens (including phenoxy) is 1. The molecule has 0 aliphatic rings. The molecule has 0 atom stereocenters. The lowest BCUT2D eigenvalue weighted by atomic mass is 9.94. The number of halogens is 3. The first-order valence-corrected chi connectivity index (χ1v) is 6.82. The van der Waals surface area contributed by atoms with Crippen molar-refractivity contribution >= 4 is 5.82 Å². The largest absolute Gasteiger partial charge is 0.573 e. The van der Waals surface area contributed by atoms with E-state index < -0.39 is 6.36 Å². The summed E-state index contributed by atoms with van der Waals surface area (Å²) in [5.74, 6) is -0.212. The van der Waals surface area contributed by atoms with Gasteiger partial charge in [-0.1, -0.05) is 19.1 Å². The highest BCUT2D eigenvalue weighted by Gasteiger charge is 2.31. The molecule has 0 spiro atoms. The van der Waals surface area contributed by atoms with Crippen molar-refractivity contribution < 1.29 is 17.9 Å². The standard InChI is InChI=1S/C16H14F3N3O/c1-3-13-9(2)14(12(8-20)15(21)22-13)10-4-6-11(7-5-10)23-16(17,18)19/h4-7H,3H2,1-2H3,(H2,21,22). The van der Waals surface area contributed by atoms with Gasteiger partial charge in [-0.25, -0.2) is 4.98 Å². The van der Waals surface area contributed by atoms with Crippen LogP contribution in [0.4, 0.5) is 19.0 Å². The average Bonchev–Trinajstić information content (AvgIpc) is 2.48. The number of anilines is 1. The van der Waals surface area contributed by atoms with Crippen LogP contribution in [0.3, 0.4) is 0 Å². The van der Waals surface area contributed by atoms with Gasteiger partial charge in [0.1, 0.15) is 23.2 Å². The summed E-state index contributed by atoms with van der Waals surface area (Å²) in [5.41, 5.74) is 8.72. The smallest absolute Gasteiger partial charge is 0.406 e. The minimum atomic E-state index is -4.74. The molecule has 1 aromatic carbocycles. The van der Waals surface area contributed by atoms with E-state index in [0.29, 0.717) is 17.5 Å². The highest BCUT2D eigenvalue weighted by atomic mass is 19.4. The van der Waals surface area contributed by atoms with Crippen molar-refractivity contribution in [3.05, 3.63) is 41.1 Å². The summed E-state index contributed by atoms with van der Waals surface area (Å²) in [6, 6.07) is 7.33. The van der Waals surface area contributed by atoms with Gasteiger partial charge >= 0.3 is 6.36 Å². The molecule has 0 saturated heterocycles. The topological polar surface area (TPSA) is 71.9 Å². The maximum absolute atomic E-state index is 12.2. The third kappa shape index (κ3) is 3.54. The van der Waals surface area contributed by atoms with Crippen LogP contribution >= 0.6 is 0 Å². The summed E-state index contributed by atoms with van der Waals surface area (Å²) in [6.45, 7) is 3.71. The molecule has 7 heteroatoms. The van der Waals surface area contributed by atoms with Crippen LogP contribution < -0.4 is 10.5 Å². The van der Waals surface area contributed by atoms with Crippen molar-refractivity contribution in [1.29, 1.82) is 5.26 Å². The Labute approximate surface area is 131 Å². The Kier molecular flexibility index (Phi) is 4.45. The second-order valence-corrected chi connectivity index (χ2v) is 4.86.